The summed E-state index contributed by atoms with van der Waals surface area (Å²) in [7, 11) is 1.34. The molecule has 1 aliphatic rings. The smallest absolute Gasteiger partial charge is 0.343 e. The van der Waals surface area contributed by atoms with Crippen molar-refractivity contribution < 1.29 is 14.3 Å². The largest absolute Gasteiger partial charge is 0.465 e. The Morgan fingerprint density at radius 2 is 2.50 bits per heavy atom. The third-order valence-corrected chi connectivity index (χ3v) is 2.84. The first-order valence-electron chi connectivity index (χ1n) is 5.98. The zero-order chi connectivity index (χ0) is 13.0. The van der Waals surface area contributed by atoms with Crippen molar-refractivity contribution in [3.63, 3.8) is 0 Å². The number of esters is 1. The molecule has 0 bridgehead atoms. The summed E-state index contributed by atoms with van der Waals surface area (Å²) in [6, 6.07) is 0. The van der Waals surface area contributed by atoms with E-state index in [0.29, 0.717) is 23.8 Å². The van der Waals surface area contributed by atoms with Gasteiger partial charge in [0.15, 0.2) is 0 Å². The maximum absolute atomic E-state index is 11.6. The Balaban J connectivity index is 2.08. The Morgan fingerprint density at radius 3 is 3.17 bits per heavy atom. The van der Waals surface area contributed by atoms with Crippen LogP contribution in [0.4, 0.5) is 5.82 Å². The predicted octanol–water partition coefficient (Wildman–Crippen LogP) is 1.16. The van der Waals surface area contributed by atoms with E-state index >= 15 is 0 Å². The number of hydrogen-bond donors (Lipinski definition) is 1. The van der Waals surface area contributed by atoms with Crippen LogP contribution in [-0.4, -0.2) is 42.3 Å². The van der Waals surface area contributed by atoms with Gasteiger partial charge in [0, 0.05) is 19.3 Å². The summed E-state index contributed by atoms with van der Waals surface area (Å²) >= 11 is 0. The quantitative estimate of drug-likeness (QED) is 0.809. The highest BCUT2D eigenvalue weighted by Crippen LogP contribution is 2.16. The lowest BCUT2D eigenvalue weighted by atomic mass is 10.2. The van der Waals surface area contributed by atoms with E-state index in [1.54, 1.807) is 6.92 Å². The normalized spacial score (nSPS) is 18.7. The van der Waals surface area contributed by atoms with Crippen molar-refractivity contribution in [3.05, 3.63) is 17.6 Å². The Bertz CT molecular complexity index is 431. The fourth-order valence-corrected chi connectivity index (χ4v) is 1.88. The minimum atomic E-state index is -0.440. The van der Waals surface area contributed by atoms with Crippen molar-refractivity contribution in [2.45, 2.75) is 25.9 Å². The molecule has 0 radical (unpaired) electrons. The summed E-state index contributed by atoms with van der Waals surface area (Å²) in [6.45, 7) is 3.22. The van der Waals surface area contributed by atoms with Gasteiger partial charge in [-0.15, -0.1) is 0 Å². The van der Waals surface area contributed by atoms with Gasteiger partial charge in [-0.05, 0) is 19.8 Å². The van der Waals surface area contributed by atoms with Crippen molar-refractivity contribution in [2.24, 2.45) is 0 Å². The molecule has 6 nitrogen and oxygen atoms in total. The molecule has 1 atom stereocenters. The average Bonchev–Trinajstić information content (AvgIpc) is 2.88. The number of carbonyl (C=O) groups excluding carboxylic acids is 1. The van der Waals surface area contributed by atoms with E-state index in [-0.39, 0.29) is 6.10 Å². The number of aryl methyl sites for hydroxylation is 1. The van der Waals surface area contributed by atoms with Gasteiger partial charge < -0.3 is 14.8 Å². The van der Waals surface area contributed by atoms with Gasteiger partial charge in [0.1, 0.15) is 17.2 Å². The van der Waals surface area contributed by atoms with E-state index in [1.807, 2.05) is 0 Å². The van der Waals surface area contributed by atoms with Crippen LogP contribution >= 0.6 is 0 Å². The zero-order valence-corrected chi connectivity index (χ0v) is 10.6. The molecule has 6 heteroatoms. The fourth-order valence-electron chi connectivity index (χ4n) is 1.88. The average molecular weight is 251 g/mol. The van der Waals surface area contributed by atoms with Crippen LogP contribution in [0.5, 0.6) is 0 Å². The molecule has 2 rings (SSSR count). The van der Waals surface area contributed by atoms with E-state index < -0.39 is 5.97 Å². The van der Waals surface area contributed by atoms with E-state index in [9.17, 15) is 4.79 Å². The molecule has 1 saturated heterocycles. The highest BCUT2D eigenvalue weighted by Gasteiger charge is 2.18. The number of nitrogens with one attached hydrogen (secondary N) is 1. The molecule has 1 unspecified atom stereocenters. The van der Waals surface area contributed by atoms with Crippen LogP contribution in [0.3, 0.4) is 0 Å². The first kappa shape index (κ1) is 12.8. The molecule has 1 aromatic rings. The maximum atomic E-state index is 11.6. The SMILES string of the molecule is COC(=O)c1cnc(C)nc1NCC1CCCO1. The van der Waals surface area contributed by atoms with Crippen LogP contribution in [0.1, 0.15) is 29.0 Å². The number of ether oxygens (including phenoxy) is 2. The monoisotopic (exact) mass is 251 g/mol. The molecular weight excluding hydrogens is 234 g/mol. The van der Waals surface area contributed by atoms with Gasteiger partial charge in [-0.3, -0.25) is 0 Å². The molecule has 1 aliphatic heterocycles. The van der Waals surface area contributed by atoms with Gasteiger partial charge in [0.25, 0.3) is 0 Å². The standard InChI is InChI=1S/C12H17N3O3/c1-8-13-7-10(12(16)17-2)11(15-8)14-6-9-4-3-5-18-9/h7,9H,3-6H2,1-2H3,(H,13,14,15). The summed E-state index contributed by atoms with van der Waals surface area (Å²) in [6.07, 6.45) is 3.78. The van der Waals surface area contributed by atoms with Crippen LogP contribution in [-0.2, 0) is 9.47 Å². The summed E-state index contributed by atoms with van der Waals surface area (Å²) in [5, 5.41) is 3.13. The highest BCUT2D eigenvalue weighted by molar-refractivity contribution is 5.94. The number of nitrogens with zero attached hydrogens (tertiary/aromatic N) is 2. The first-order chi connectivity index (χ1) is 8.70. The van der Waals surface area contributed by atoms with Gasteiger partial charge >= 0.3 is 5.97 Å². The molecule has 0 aromatic carbocycles. The predicted molar refractivity (Wildman–Crippen MR) is 65.6 cm³/mol. The molecule has 0 saturated carbocycles. The van der Waals surface area contributed by atoms with E-state index in [1.165, 1.54) is 13.3 Å². The molecule has 98 valence electrons. The lowest BCUT2D eigenvalue weighted by molar-refractivity contribution is 0.0600. The van der Waals surface area contributed by atoms with Crippen LogP contribution in [0.15, 0.2) is 6.20 Å². The second-order valence-electron chi connectivity index (χ2n) is 4.19. The lowest BCUT2D eigenvalue weighted by Gasteiger charge is -2.13. The Kier molecular flexibility index (Phi) is 4.09. The maximum Gasteiger partial charge on any atom is 0.343 e. The molecule has 0 aliphatic carbocycles. The third-order valence-electron chi connectivity index (χ3n) is 2.84. The molecule has 0 spiro atoms. The Morgan fingerprint density at radius 1 is 1.67 bits per heavy atom. The van der Waals surface area contributed by atoms with Crippen LogP contribution in [0.2, 0.25) is 0 Å². The Labute approximate surface area is 106 Å². The van der Waals surface area contributed by atoms with Crippen molar-refractivity contribution in [1.82, 2.24) is 9.97 Å². The van der Waals surface area contributed by atoms with Crippen LogP contribution in [0, 0.1) is 6.92 Å². The van der Waals surface area contributed by atoms with Crippen molar-refractivity contribution >= 4 is 11.8 Å². The molecule has 18 heavy (non-hydrogen) atoms. The second-order valence-corrected chi connectivity index (χ2v) is 4.19. The molecule has 1 aromatic heterocycles. The molecule has 2 heterocycles. The van der Waals surface area contributed by atoms with Gasteiger partial charge in [-0.1, -0.05) is 0 Å². The van der Waals surface area contributed by atoms with Gasteiger partial charge in [0.05, 0.1) is 13.2 Å². The zero-order valence-electron chi connectivity index (χ0n) is 10.6. The molecule has 1 fully saturated rings. The van der Waals surface area contributed by atoms with Gasteiger partial charge in [-0.25, -0.2) is 14.8 Å². The van der Waals surface area contributed by atoms with Gasteiger partial charge in [-0.2, -0.15) is 0 Å². The summed E-state index contributed by atoms with van der Waals surface area (Å²) in [5.41, 5.74) is 0.348. The summed E-state index contributed by atoms with van der Waals surface area (Å²) in [5.74, 6) is 0.673. The number of rotatable bonds is 4. The minimum Gasteiger partial charge on any atom is -0.465 e. The number of methoxy groups -OCH3 is 1. The van der Waals surface area contributed by atoms with E-state index in [0.717, 1.165) is 19.4 Å². The number of aromatic nitrogens is 2. The minimum absolute atomic E-state index is 0.186. The summed E-state index contributed by atoms with van der Waals surface area (Å²) in [4.78, 5) is 19.8. The van der Waals surface area contributed by atoms with E-state index in [2.05, 4.69) is 15.3 Å². The van der Waals surface area contributed by atoms with Gasteiger partial charge in [0.2, 0.25) is 0 Å². The lowest BCUT2D eigenvalue weighted by Crippen LogP contribution is -2.21. The van der Waals surface area contributed by atoms with Crippen molar-refractivity contribution in [3.8, 4) is 0 Å². The molecular formula is C12H17N3O3. The van der Waals surface area contributed by atoms with Crippen LogP contribution in [0.25, 0.3) is 0 Å². The van der Waals surface area contributed by atoms with Crippen LogP contribution < -0.4 is 5.32 Å². The Hall–Kier alpha value is -1.69. The molecule has 0 amide bonds. The highest BCUT2D eigenvalue weighted by atomic mass is 16.5. The first-order valence-corrected chi connectivity index (χ1v) is 5.98. The van der Waals surface area contributed by atoms with Crippen molar-refractivity contribution in [2.75, 3.05) is 25.6 Å². The third kappa shape index (κ3) is 2.95. The fraction of sp³-hybridized carbons (Fsp3) is 0.583. The second kappa shape index (κ2) is 5.77. The number of anilines is 1. The van der Waals surface area contributed by atoms with Crippen molar-refractivity contribution in [1.29, 1.82) is 0 Å². The molecule has 1 N–H and O–H groups in total. The van der Waals surface area contributed by atoms with E-state index in [4.69, 9.17) is 9.47 Å². The number of carbonyl (C=O) groups is 1. The number of hydrogen-bond acceptors (Lipinski definition) is 6. The summed E-state index contributed by atoms with van der Waals surface area (Å²) < 4.78 is 10.2. The topological polar surface area (TPSA) is 73.3 Å².